The summed E-state index contributed by atoms with van der Waals surface area (Å²) in [5, 5.41) is 4.42. The second-order valence-electron chi connectivity index (χ2n) is 5.97. The number of nitrogens with one attached hydrogen (secondary N) is 1. The number of carbonyl (C=O) groups excluding carboxylic acids is 1. The lowest BCUT2D eigenvalue weighted by Crippen LogP contribution is -2.19. The van der Waals surface area contributed by atoms with E-state index in [1.807, 2.05) is 6.92 Å². The van der Waals surface area contributed by atoms with Crippen LogP contribution in [0.5, 0.6) is 0 Å². The van der Waals surface area contributed by atoms with Crippen LogP contribution in [0.2, 0.25) is 0 Å². The fourth-order valence-corrected chi connectivity index (χ4v) is 4.24. The molecule has 1 aliphatic carbocycles. The molecule has 0 radical (unpaired) electrons. The summed E-state index contributed by atoms with van der Waals surface area (Å²) >= 11 is 1.70. The Morgan fingerprint density at radius 3 is 3.10 bits per heavy atom. The fraction of sp³-hybridized carbons (Fsp3) is 0.733. The van der Waals surface area contributed by atoms with Crippen molar-refractivity contribution < 1.29 is 9.53 Å². The molecule has 116 valence electrons. The van der Waals surface area contributed by atoms with Crippen LogP contribution in [0.1, 0.15) is 36.3 Å². The first-order valence-corrected chi connectivity index (χ1v) is 8.57. The van der Waals surface area contributed by atoms with Crippen molar-refractivity contribution in [3.63, 3.8) is 0 Å². The van der Waals surface area contributed by atoms with Gasteiger partial charge in [0.15, 0.2) is 5.13 Å². The van der Waals surface area contributed by atoms with Crippen LogP contribution in [0.15, 0.2) is 0 Å². The van der Waals surface area contributed by atoms with Gasteiger partial charge in [-0.25, -0.2) is 4.98 Å². The Morgan fingerprint density at radius 1 is 1.52 bits per heavy atom. The standard InChI is InChI=1S/C15H23N3O2S/c1-3-20-14(19)11-4-5-12-13(11)17-15(21-12)16-8-10-6-7-18(2)9-10/h10-11H,3-9H2,1-2H3,(H,16,17). The summed E-state index contributed by atoms with van der Waals surface area (Å²) in [6, 6.07) is 0. The highest BCUT2D eigenvalue weighted by Gasteiger charge is 2.33. The van der Waals surface area contributed by atoms with E-state index in [1.54, 1.807) is 11.3 Å². The summed E-state index contributed by atoms with van der Waals surface area (Å²) in [6.07, 6.45) is 3.05. The lowest BCUT2D eigenvalue weighted by Gasteiger charge is -2.11. The maximum atomic E-state index is 11.9. The smallest absolute Gasteiger partial charge is 0.315 e. The van der Waals surface area contributed by atoms with E-state index in [9.17, 15) is 4.79 Å². The highest BCUT2D eigenvalue weighted by molar-refractivity contribution is 7.15. The Morgan fingerprint density at radius 2 is 2.38 bits per heavy atom. The number of ether oxygens (including phenoxy) is 1. The molecule has 2 heterocycles. The third kappa shape index (κ3) is 3.21. The Bertz CT molecular complexity index is 517. The van der Waals surface area contributed by atoms with Crippen LogP contribution in [0.3, 0.4) is 0 Å². The van der Waals surface area contributed by atoms with Crippen LogP contribution in [-0.4, -0.2) is 49.1 Å². The Balaban J connectivity index is 1.59. The van der Waals surface area contributed by atoms with Gasteiger partial charge < -0.3 is 15.0 Å². The Hall–Kier alpha value is -1.14. The van der Waals surface area contributed by atoms with E-state index < -0.39 is 0 Å². The summed E-state index contributed by atoms with van der Waals surface area (Å²) in [6.45, 7) is 5.60. The van der Waals surface area contributed by atoms with Crippen molar-refractivity contribution in [2.45, 2.75) is 32.1 Å². The van der Waals surface area contributed by atoms with E-state index in [2.05, 4.69) is 22.2 Å². The van der Waals surface area contributed by atoms with E-state index in [0.29, 0.717) is 12.5 Å². The lowest BCUT2D eigenvalue weighted by molar-refractivity contribution is -0.145. The molecule has 1 aromatic heterocycles. The molecule has 1 aliphatic heterocycles. The molecule has 1 aromatic rings. The maximum Gasteiger partial charge on any atom is 0.315 e. The van der Waals surface area contributed by atoms with E-state index in [-0.39, 0.29) is 11.9 Å². The van der Waals surface area contributed by atoms with Crippen molar-refractivity contribution in [3.05, 3.63) is 10.6 Å². The number of hydrogen-bond acceptors (Lipinski definition) is 6. The molecule has 2 aliphatic rings. The van der Waals surface area contributed by atoms with Crippen LogP contribution in [0.25, 0.3) is 0 Å². The largest absolute Gasteiger partial charge is 0.465 e. The first-order valence-electron chi connectivity index (χ1n) is 7.76. The zero-order chi connectivity index (χ0) is 14.8. The third-order valence-corrected chi connectivity index (χ3v) is 5.41. The Kier molecular flexibility index (Phi) is 4.45. The van der Waals surface area contributed by atoms with Crippen LogP contribution >= 0.6 is 11.3 Å². The first kappa shape index (κ1) is 14.8. The SMILES string of the molecule is CCOC(=O)C1CCc2sc(NCC3CCN(C)C3)nc21. The normalized spacial score (nSPS) is 25.0. The number of thiazole rings is 1. The summed E-state index contributed by atoms with van der Waals surface area (Å²) in [5.74, 6) is 0.435. The van der Waals surface area contributed by atoms with Gasteiger partial charge in [0.2, 0.25) is 0 Å². The maximum absolute atomic E-state index is 11.9. The molecule has 5 nitrogen and oxygen atoms in total. The predicted molar refractivity (Wildman–Crippen MR) is 83.9 cm³/mol. The second kappa shape index (κ2) is 6.32. The number of aryl methyl sites for hydroxylation is 1. The minimum absolute atomic E-state index is 0.120. The number of likely N-dealkylation sites (tertiary alicyclic amines) is 1. The average molecular weight is 309 g/mol. The van der Waals surface area contributed by atoms with Gasteiger partial charge in [-0.3, -0.25) is 4.79 Å². The number of fused-ring (bicyclic) bond motifs is 1. The zero-order valence-electron chi connectivity index (χ0n) is 12.7. The molecular weight excluding hydrogens is 286 g/mol. The highest BCUT2D eigenvalue weighted by Crippen LogP contribution is 2.39. The molecule has 21 heavy (non-hydrogen) atoms. The van der Waals surface area contributed by atoms with Gasteiger partial charge in [0.25, 0.3) is 0 Å². The van der Waals surface area contributed by atoms with Crippen molar-refractivity contribution in [1.82, 2.24) is 9.88 Å². The molecular formula is C15H23N3O2S. The fourth-order valence-electron chi connectivity index (χ4n) is 3.20. The van der Waals surface area contributed by atoms with Gasteiger partial charge in [-0.1, -0.05) is 0 Å². The molecule has 3 rings (SSSR count). The molecule has 0 amide bonds. The van der Waals surface area contributed by atoms with E-state index >= 15 is 0 Å². The number of carbonyl (C=O) groups is 1. The van der Waals surface area contributed by atoms with Crippen LogP contribution < -0.4 is 5.32 Å². The van der Waals surface area contributed by atoms with E-state index in [4.69, 9.17) is 4.74 Å². The third-order valence-electron chi connectivity index (χ3n) is 4.32. The molecule has 1 saturated heterocycles. The van der Waals surface area contributed by atoms with Crippen molar-refractivity contribution in [1.29, 1.82) is 0 Å². The molecule has 2 unspecified atom stereocenters. The number of nitrogens with zero attached hydrogens (tertiary/aromatic N) is 2. The van der Waals surface area contributed by atoms with Gasteiger partial charge in [0.1, 0.15) is 5.92 Å². The minimum Gasteiger partial charge on any atom is -0.465 e. The van der Waals surface area contributed by atoms with Gasteiger partial charge in [-0.2, -0.15) is 0 Å². The summed E-state index contributed by atoms with van der Waals surface area (Å²) in [4.78, 5) is 20.2. The van der Waals surface area contributed by atoms with Crippen molar-refractivity contribution in [2.24, 2.45) is 5.92 Å². The topological polar surface area (TPSA) is 54.5 Å². The highest BCUT2D eigenvalue weighted by atomic mass is 32.1. The summed E-state index contributed by atoms with van der Waals surface area (Å²) in [5.41, 5.74) is 0.949. The van der Waals surface area contributed by atoms with Crippen LogP contribution in [-0.2, 0) is 16.0 Å². The van der Waals surface area contributed by atoms with Gasteiger partial charge >= 0.3 is 5.97 Å². The molecule has 2 atom stereocenters. The Labute approximate surface area is 129 Å². The molecule has 0 spiro atoms. The van der Waals surface area contributed by atoms with E-state index in [0.717, 1.165) is 36.8 Å². The van der Waals surface area contributed by atoms with Crippen LogP contribution in [0, 0.1) is 5.92 Å². The molecule has 0 bridgehead atoms. The number of hydrogen-bond donors (Lipinski definition) is 1. The lowest BCUT2D eigenvalue weighted by atomic mass is 10.1. The quantitative estimate of drug-likeness (QED) is 0.844. The number of aromatic nitrogens is 1. The van der Waals surface area contributed by atoms with Gasteiger partial charge in [0.05, 0.1) is 12.3 Å². The minimum atomic E-state index is -0.149. The molecule has 0 saturated carbocycles. The van der Waals surface area contributed by atoms with Crippen molar-refractivity contribution in [2.75, 3.05) is 38.6 Å². The summed E-state index contributed by atoms with van der Waals surface area (Å²) < 4.78 is 5.14. The van der Waals surface area contributed by atoms with Gasteiger partial charge in [0, 0.05) is 18.0 Å². The van der Waals surface area contributed by atoms with Crippen molar-refractivity contribution >= 4 is 22.4 Å². The van der Waals surface area contributed by atoms with Gasteiger partial charge in [-0.15, -0.1) is 11.3 Å². The van der Waals surface area contributed by atoms with E-state index in [1.165, 1.54) is 17.8 Å². The zero-order valence-corrected chi connectivity index (χ0v) is 13.5. The average Bonchev–Trinajstić information content (AvgIpc) is 3.11. The molecule has 6 heteroatoms. The monoisotopic (exact) mass is 309 g/mol. The molecule has 1 N–H and O–H groups in total. The van der Waals surface area contributed by atoms with Gasteiger partial charge in [-0.05, 0) is 45.7 Å². The number of esters is 1. The molecule has 0 aromatic carbocycles. The van der Waals surface area contributed by atoms with Crippen LogP contribution in [0.4, 0.5) is 5.13 Å². The second-order valence-corrected chi connectivity index (χ2v) is 7.05. The first-order chi connectivity index (χ1) is 10.2. The predicted octanol–water partition coefficient (Wildman–Crippen LogP) is 2.10. The summed E-state index contributed by atoms with van der Waals surface area (Å²) in [7, 11) is 2.17. The molecule has 1 fully saturated rings. The number of rotatable bonds is 5. The number of anilines is 1. The van der Waals surface area contributed by atoms with Crippen molar-refractivity contribution in [3.8, 4) is 0 Å².